The molecule has 2 heterocycles. The minimum Gasteiger partial charge on any atom is -0.340 e. The maximum Gasteiger partial charge on any atom is 0.252 e. The smallest absolute Gasteiger partial charge is 0.252 e. The summed E-state index contributed by atoms with van der Waals surface area (Å²) in [5, 5.41) is 1.09. The maximum absolute atomic E-state index is 12.5. The van der Waals surface area contributed by atoms with Crippen molar-refractivity contribution in [3.63, 3.8) is 0 Å². The lowest BCUT2D eigenvalue weighted by Gasteiger charge is -2.34. The van der Waals surface area contributed by atoms with Gasteiger partial charge in [-0.3, -0.25) is 14.5 Å². The van der Waals surface area contributed by atoms with Gasteiger partial charge in [0, 0.05) is 44.7 Å². The highest BCUT2D eigenvalue weighted by molar-refractivity contribution is 5.82. The average Bonchev–Trinajstić information content (AvgIpc) is 2.61. The van der Waals surface area contributed by atoms with E-state index in [4.69, 9.17) is 0 Å². The highest BCUT2D eigenvalue weighted by atomic mass is 16.2. The second-order valence-electron chi connectivity index (χ2n) is 7.43. The summed E-state index contributed by atoms with van der Waals surface area (Å²) >= 11 is 0. The predicted molar refractivity (Wildman–Crippen MR) is 105 cm³/mol. The van der Waals surface area contributed by atoms with Gasteiger partial charge in [0.25, 0.3) is 5.56 Å². The van der Waals surface area contributed by atoms with Crippen molar-refractivity contribution in [3.8, 4) is 0 Å². The number of aromatic nitrogens is 1. The highest BCUT2D eigenvalue weighted by Crippen LogP contribution is 2.19. The monoisotopic (exact) mass is 355 g/mol. The third-order valence-electron chi connectivity index (χ3n) is 5.23. The Bertz CT molecular complexity index is 848. The Morgan fingerprint density at radius 1 is 1.12 bits per heavy atom. The van der Waals surface area contributed by atoms with Crippen molar-refractivity contribution in [2.45, 2.75) is 46.6 Å². The molecule has 1 aromatic heterocycles. The van der Waals surface area contributed by atoms with Crippen LogP contribution >= 0.6 is 0 Å². The molecule has 1 fully saturated rings. The van der Waals surface area contributed by atoms with E-state index in [0.29, 0.717) is 13.0 Å². The number of aromatic amines is 1. The molecule has 1 amide bonds. The van der Waals surface area contributed by atoms with Crippen LogP contribution in [-0.4, -0.2) is 46.9 Å². The minimum absolute atomic E-state index is 0.00842. The molecule has 5 heteroatoms. The first-order valence-electron chi connectivity index (χ1n) is 9.61. The zero-order chi connectivity index (χ0) is 18.7. The number of amides is 1. The Balaban J connectivity index is 1.68. The maximum atomic E-state index is 12.5. The Hall–Kier alpha value is -2.14. The zero-order valence-electron chi connectivity index (χ0n) is 16.1. The molecule has 1 saturated heterocycles. The Kier molecular flexibility index (Phi) is 5.77. The highest BCUT2D eigenvalue weighted by Gasteiger charge is 2.21. The molecule has 0 unspecified atom stereocenters. The number of fused-ring (bicyclic) bond motifs is 1. The van der Waals surface area contributed by atoms with E-state index < -0.39 is 0 Å². The number of unbranched alkanes of at least 4 members (excludes halogenated alkanes) is 1. The van der Waals surface area contributed by atoms with Gasteiger partial charge in [-0.1, -0.05) is 25.0 Å². The van der Waals surface area contributed by atoms with E-state index in [1.165, 1.54) is 5.56 Å². The molecule has 1 aliphatic rings. The molecule has 26 heavy (non-hydrogen) atoms. The fourth-order valence-electron chi connectivity index (χ4n) is 3.73. The zero-order valence-corrected chi connectivity index (χ0v) is 16.1. The number of nitrogens with one attached hydrogen (secondary N) is 1. The lowest BCUT2D eigenvalue weighted by molar-refractivity contribution is -0.133. The van der Waals surface area contributed by atoms with Crippen LogP contribution in [-0.2, 0) is 11.3 Å². The van der Waals surface area contributed by atoms with Crippen molar-refractivity contribution in [3.05, 3.63) is 45.2 Å². The van der Waals surface area contributed by atoms with Crippen LogP contribution in [0.4, 0.5) is 0 Å². The van der Waals surface area contributed by atoms with Gasteiger partial charge < -0.3 is 9.88 Å². The van der Waals surface area contributed by atoms with Gasteiger partial charge in [-0.05, 0) is 43.4 Å². The van der Waals surface area contributed by atoms with Gasteiger partial charge in [0.1, 0.15) is 0 Å². The molecule has 1 aromatic carbocycles. The minimum atomic E-state index is -0.00842. The molecule has 3 rings (SSSR count). The quantitative estimate of drug-likeness (QED) is 0.897. The van der Waals surface area contributed by atoms with Gasteiger partial charge in [0.05, 0.1) is 5.52 Å². The molecule has 2 aromatic rings. The molecular weight excluding hydrogens is 326 g/mol. The number of piperazine rings is 1. The first-order valence-corrected chi connectivity index (χ1v) is 9.61. The first kappa shape index (κ1) is 18.6. The van der Waals surface area contributed by atoms with Crippen LogP contribution in [0.1, 0.15) is 42.9 Å². The second kappa shape index (κ2) is 8.04. The third kappa shape index (κ3) is 4.15. The topological polar surface area (TPSA) is 56.4 Å². The fraction of sp³-hybridized carbons (Fsp3) is 0.524. The summed E-state index contributed by atoms with van der Waals surface area (Å²) in [6, 6.07) is 6.23. The number of nitrogens with zero attached hydrogens (tertiary/aromatic N) is 2. The molecule has 1 aliphatic heterocycles. The summed E-state index contributed by atoms with van der Waals surface area (Å²) in [5.74, 6) is 0.265. The normalized spacial score (nSPS) is 15.6. The average molecular weight is 355 g/mol. The first-order chi connectivity index (χ1) is 12.5. The Labute approximate surface area is 155 Å². The largest absolute Gasteiger partial charge is 0.340 e. The molecule has 0 aliphatic carbocycles. The van der Waals surface area contributed by atoms with Gasteiger partial charge in [-0.2, -0.15) is 0 Å². The van der Waals surface area contributed by atoms with Gasteiger partial charge in [0.15, 0.2) is 0 Å². The van der Waals surface area contributed by atoms with Gasteiger partial charge >= 0.3 is 0 Å². The SMILES string of the molecule is CCCCC(=O)N1CCN(Cc2cc3cc(C)cc(C)c3[nH]c2=O)CC1. The van der Waals surface area contributed by atoms with Crippen molar-refractivity contribution < 1.29 is 4.79 Å². The van der Waals surface area contributed by atoms with Crippen molar-refractivity contribution in [1.82, 2.24) is 14.8 Å². The van der Waals surface area contributed by atoms with E-state index in [1.807, 2.05) is 17.9 Å². The van der Waals surface area contributed by atoms with Crippen LogP contribution in [0, 0.1) is 13.8 Å². The Morgan fingerprint density at radius 2 is 1.85 bits per heavy atom. The number of carbonyl (C=O) groups is 1. The third-order valence-corrected chi connectivity index (χ3v) is 5.23. The molecule has 0 radical (unpaired) electrons. The van der Waals surface area contributed by atoms with Crippen LogP contribution < -0.4 is 5.56 Å². The number of pyridine rings is 1. The number of H-pyrrole nitrogens is 1. The number of rotatable bonds is 5. The summed E-state index contributed by atoms with van der Waals surface area (Å²) in [7, 11) is 0. The standard InChI is InChI=1S/C21H29N3O2/c1-4-5-6-19(25)24-9-7-23(8-10-24)14-18-13-17-12-15(2)11-16(3)20(17)22-21(18)26/h11-13H,4-10,14H2,1-3H3,(H,22,26). The number of aryl methyl sites for hydroxylation is 2. The van der Waals surface area contributed by atoms with Crippen LogP contribution in [0.3, 0.4) is 0 Å². The van der Waals surface area contributed by atoms with E-state index in [0.717, 1.165) is 61.1 Å². The van der Waals surface area contributed by atoms with Gasteiger partial charge in [-0.15, -0.1) is 0 Å². The van der Waals surface area contributed by atoms with Crippen molar-refractivity contribution in [1.29, 1.82) is 0 Å². The van der Waals surface area contributed by atoms with E-state index in [-0.39, 0.29) is 11.5 Å². The molecule has 0 saturated carbocycles. The number of hydrogen-bond acceptors (Lipinski definition) is 3. The Morgan fingerprint density at radius 3 is 2.54 bits per heavy atom. The number of carbonyl (C=O) groups excluding carboxylic acids is 1. The molecule has 1 N–H and O–H groups in total. The van der Waals surface area contributed by atoms with E-state index >= 15 is 0 Å². The van der Waals surface area contributed by atoms with Gasteiger partial charge in [-0.25, -0.2) is 0 Å². The fourth-order valence-corrected chi connectivity index (χ4v) is 3.73. The molecule has 140 valence electrons. The molecule has 0 spiro atoms. The molecule has 0 bridgehead atoms. The lowest BCUT2D eigenvalue weighted by atomic mass is 10.0. The van der Waals surface area contributed by atoms with E-state index in [1.54, 1.807) is 0 Å². The van der Waals surface area contributed by atoms with Crippen molar-refractivity contribution >= 4 is 16.8 Å². The summed E-state index contributed by atoms with van der Waals surface area (Å²) < 4.78 is 0. The van der Waals surface area contributed by atoms with Crippen LogP contribution in [0.5, 0.6) is 0 Å². The second-order valence-corrected chi connectivity index (χ2v) is 7.43. The molecule has 5 nitrogen and oxygen atoms in total. The van der Waals surface area contributed by atoms with E-state index in [2.05, 4.69) is 35.9 Å². The summed E-state index contributed by atoms with van der Waals surface area (Å²) in [4.78, 5) is 31.9. The van der Waals surface area contributed by atoms with Crippen LogP contribution in [0.25, 0.3) is 10.9 Å². The van der Waals surface area contributed by atoms with Gasteiger partial charge in [0.2, 0.25) is 5.91 Å². The van der Waals surface area contributed by atoms with E-state index in [9.17, 15) is 9.59 Å². The summed E-state index contributed by atoms with van der Waals surface area (Å²) in [6.45, 7) is 10.00. The summed E-state index contributed by atoms with van der Waals surface area (Å²) in [6.07, 6.45) is 2.67. The summed E-state index contributed by atoms with van der Waals surface area (Å²) in [5.41, 5.74) is 4.02. The molecule has 0 atom stereocenters. The van der Waals surface area contributed by atoms with Crippen LogP contribution in [0.2, 0.25) is 0 Å². The van der Waals surface area contributed by atoms with Crippen molar-refractivity contribution in [2.24, 2.45) is 0 Å². The number of hydrogen-bond donors (Lipinski definition) is 1. The molecular formula is C21H29N3O2. The lowest BCUT2D eigenvalue weighted by Crippen LogP contribution is -2.48. The predicted octanol–water partition coefficient (Wildman–Crippen LogP) is 2.98. The number of benzene rings is 1. The van der Waals surface area contributed by atoms with Crippen LogP contribution in [0.15, 0.2) is 23.0 Å². The van der Waals surface area contributed by atoms with Crippen molar-refractivity contribution in [2.75, 3.05) is 26.2 Å².